The van der Waals surface area contributed by atoms with Crippen molar-refractivity contribution >= 4 is 17.6 Å². The first-order valence-corrected chi connectivity index (χ1v) is 7.49. The number of carbonyl (C=O) groups excluding carboxylic acids is 1. The Morgan fingerprint density at radius 3 is 2.33 bits per heavy atom. The minimum absolute atomic E-state index is 0.0750. The monoisotopic (exact) mass is 289 g/mol. The van der Waals surface area contributed by atoms with Crippen molar-refractivity contribution in [3.05, 3.63) is 29.3 Å². The minimum Gasteiger partial charge on any atom is -0.481 e. The topological polar surface area (TPSA) is 57.6 Å². The van der Waals surface area contributed by atoms with Gasteiger partial charge in [-0.25, -0.2) is 0 Å². The molecule has 0 spiro atoms. The number of nitrogens with zero attached hydrogens (tertiary/aromatic N) is 1. The van der Waals surface area contributed by atoms with Crippen LogP contribution < -0.4 is 4.90 Å². The summed E-state index contributed by atoms with van der Waals surface area (Å²) in [4.78, 5) is 25.7. The van der Waals surface area contributed by atoms with Gasteiger partial charge in [-0.3, -0.25) is 9.59 Å². The number of rotatable bonds is 3. The number of aryl methyl sites for hydroxylation is 2. The zero-order valence-corrected chi connectivity index (χ0v) is 12.9. The molecule has 1 aromatic rings. The van der Waals surface area contributed by atoms with Gasteiger partial charge in [0.25, 0.3) is 0 Å². The quantitative estimate of drug-likeness (QED) is 0.930. The Morgan fingerprint density at radius 2 is 1.76 bits per heavy atom. The maximum Gasteiger partial charge on any atom is 0.307 e. The number of hydrogen-bond donors (Lipinski definition) is 1. The van der Waals surface area contributed by atoms with Crippen LogP contribution in [-0.4, -0.2) is 24.0 Å². The van der Waals surface area contributed by atoms with E-state index in [4.69, 9.17) is 0 Å². The first kappa shape index (κ1) is 15.5. The second-order valence-corrected chi connectivity index (χ2v) is 6.02. The second kappa shape index (κ2) is 6.29. The smallest absolute Gasteiger partial charge is 0.307 e. The molecule has 1 saturated carbocycles. The summed E-state index contributed by atoms with van der Waals surface area (Å²) in [5.74, 6) is -1.86. The molecule has 21 heavy (non-hydrogen) atoms. The molecule has 0 radical (unpaired) electrons. The summed E-state index contributed by atoms with van der Waals surface area (Å²) in [6.45, 7) is 3.99. The molecule has 1 aliphatic carbocycles. The van der Waals surface area contributed by atoms with Gasteiger partial charge in [-0.15, -0.1) is 0 Å². The minimum atomic E-state index is -0.845. The van der Waals surface area contributed by atoms with Crippen LogP contribution in [0.2, 0.25) is 0 Å². The van der Waals surface area contributed by atoms with Crippen LogP contribution in [0, 0.1) is 25.7 Å². The van der Waals surface area contributed by atoms with Crippen LogP contribution in [0.4, 0.5) is 5.69 Å². The van der Waals surface area contributed by atoms with Gasteiger partial charge in [0.1, 0.15) is 0 Å². The van der Waals surface area contributed by atoms with Crippen molar-refractivity contribution in [2.75, 3.05) is 11.9 Å². The van der Waals surface area contributed by atoms with E-state index in [0.29, 0.717) is 12.8 Å². The van der Waals surface area contributed by atoms with Crippen molar-refractivity contribution in [3.8, 4) is 0 Å². The Kier molecular flexibility index (Phi) is 4.66. The maximum absolute atomic E-state index is 12.7. The van der Waals surface area contributed by atoms with E-state index in [-0.39, 0.29) is 5.91 Å². The zero-order chi connectivity index (χ0) is 15.6. The lowest BCUT2D eigenvalue weighted by Gasteiger charge is -2.31. The van der Waals surface area contributed by atoms with E-state index < -0.39 is 17.8 Å². The molecule has 1 aromatic carbocycles. The van der Waals surface area contributed by atoms with E-state index in [1.807, 2.05) is 32.0 Å². The van der Waals surface area contributed by atoms with Crippen LogP contribution in [0.1, 0.15) is 36.8 Å². The van der Waals surface area contributed by atoms with Crippen LogP contribution >= 0.6 is 0 Å². The molecule has 114 valence electrons. The Bertz CT molecular complexity index is 553. The average molecular weight is 289 g/mol. The lowest BCUT2D eigenvalue weighted by molar-refractivity contribution is -0.148. The highest BCUT2D eigenvalue weighted by Gasteiger charge is 2.37. The molecule has 0 aromatic heterocycles. The molecular formula is C17H23NO3. The van der Waals surface area contributed by atoms with Crippen LogP contribution in [-0.2, 0) is 9.59 Å². The number of carboxylic acid groups (broad SMARTS) is 1. The van der Waals surface area contributed by atoms with E-state index in [1.165, 1.54) is 0 Å². The van der Waals surface area contributed by atoms with Crippen LogP contribution in [0.3, 0.4) is 0 Å². The number of hydrogen-bond acceptors (Lipinski definition) is 2. The average Bonchev–Trinajstić information content (AvgIpc) is 2.45. The second-order valence-electron chi connectivity index (χ2n) is 6.02. The lowest BCUT2D eigenvalue weighted by Crippen LogP contribution is -2.41. The number of amides is 1. The third-order valence-electron chi connectivity index (χ3n) is 4.44. The van der Waals surface area contributed by atoms with Crippen molar-refractivity contribution in [2.24, 2.45) is 11.8 Å². The molecule has 1 N–H and O–H groups in total. The molecule has 0 aliphatic heterocycles. The summed E-state index contributed by atoms with van der Waals surface area (Å²) >= 11 is 0. The number of carbonyl (C=O) groups is 2. The number of benzene rings is 1. The predicted octanol–water partition coefficient (Wildman–Crippen LogP) is 3.16. The molecule has 0 heterocycles. The lowest BCUT2D eigenvalue weighted by atomic mass is 9.78. The van der Waals surface area contributed by atoms with Crippen molar-refractivity contribution < 1.29 is 14.7 Å². The van der Waals surface area contributed by atoms with Gasteiger partial charge in [0.2, 0.25) is 5.91 Å². The molecule has 1 aliphatic rings. The first-order valence-electron chi connectivity index (χ1n) is 7.49. The third kappa shape index (κ3) is 3.26. The molecule has 1 amide bonds. The van der Waals surface area contributed by atoms with Gasteiger partial charge in [0.15, 0.2) is 0 Å². The summed E-state index contributed by atoms with van der Waals surface area (Å²) in [6.07, 6.45) is 3.10. The van der Waals surface area contributed by atoms with Gasteiger partial charge in [0.05, 0.1) is 11.8 Å². The van der Waals surface area contributed by atoms with Crippen LogP contribution in [0.5, 0.6) is 0 Å². The van der Waals surface area contributed by atoms with Gasteiger partial charge in [0, 0.05) is 12.7 Å². The fourth-order valence-electron chi connectivity index (χ4n) is 3.27. The molecule has 2 rings (SSSR count). The number of aliphatic carboxylic acids is 1. The fourth-order valence-corrected chi connectivity index (χ4v) is 3.27. The molecule has 2 unspecified atom stereocenters. The summed E-state index contributed by atoms with van der Waals surface area (Å²) in [5, 5.41) is 9.33. The molecule has 1 fully saturated rings. The van der Waals surface area contributed by atoms with Crippen molar-refractivity contribution in [2.45, 2.75) is 39.5 Å². The predicted molar refractivity (Wildman–Crippen MR) is 82.4 cm³/mol. The van der Waals surface area contributed by atoms with Crippen LogP contribution in [0.15, 0.2) is 18.2 Å². The zero-order valence-electron chi connectivity index (χ0n) is 12.9. The van der Waals surface area contributed by atoms with E-state index in [0.717, 1.165) is 29.7 Å². The van der Waals surface area contributed by atoms with E-state index >= 15 is 0 Å². The highest BCUT2D eigenvalue weighted by molar-refractivity contribution is 5.97. The molecule has 4 heteroatoms. The highest BCUT2D eigenvalue weighted by Crippen LogP contribution is 2.33. The Morgan fingerprint density at radius 1 is 1.14 bits per heavy atom. The van der Waals surface area contributed by atoms with Crippen molar-refractivity contribution in [1.82, 2.24) is 0 Å². The van der Waals surface area contributed by atoms with Gasteiger partial charge < -0.3 is 10.0 Å². The van der Waals surface area contributed by atoms with Gasteiger partial charge >= 0.3 is 5.97 Å². The SMILES string of the molecule is Cc1ccc(N(C)C(=O)C2CCCCC2C(=O)O)c(C)c1. The molecule has 4 nitrogen and oxygen atoms in total. The van der Waals surface area contributed by atoms with Gasteiger partial charge in [-0.1, -0.05) is 30.5 Å². The standard InChI is InChI=1S/C17H23NO3/c1-11-8-9-15(12(2)10-11)18(3)16(19)13-6-4-5-7-14(13)17(20)21/h8-10,13-14H,4-7H2,1-3H3,(H,20,21). The molecule has 0 bridgehead atoms. The number of anilines is 1. The summed E-state index contributed by atoms with van der Waals surface area (Å²) in [6, 6.07) is 5.94. The van der Waals surface area contributed by atoms with Crippen molar-refractivity contribution in [3.63, 3.8) is 0 Å². The third-order valence-corrected chi connectivity index (χ3v) is 4.44. The van der Waals surface area contributed by atoms with E-state index in [9.17, 15) is 14.7 Å². The largest absolute Gasteiger partial charge is 0.481 e. The molecule has 2 atom stereocenters. The Hall–Kier alpha value is -1.84. The highest BCUT2D eigenvalue weighted by atomic mass is 16.4. The fraction of sp³-hybridized carbons (Fsp3) is 0.529. The summed E-state index contributed by atoms with van der Waals surface area (Å²) < 4.78 is 0. The Balaban J connectivity index is 2.23. The molecule has 0 saturated heterocycles. The normalized spacial score (nSPS) is 21.9. The summed E-state index contributed by atoms with van der Waals surface area (Å²) in [5.41, 5.74) is 3.05. The Labute approximate surface area is 125 Å². The van der Waals surface area contributed by atoms with Gasteiger partial charge in [-0.2, -0.15) is 0 Å². The molecular weight excluding hydrogens is 266 g/mol. The van der Waals surface area contributed by atoms with Crippen molar-refractivity contribution in [1.29, 1.82) is 0 Å². The van der Waals surface area contributed by atoms with E-state index in [2.05, 4.69) is 0 Å². The first-order chi connectivity index (χ1) is 9.91. The van der Waals surface area contributed by atoms with Gasteiger partial charge in [-0.05, 0) is 38.3 Å². The summed E-state index contributed by atoms with van der Waals surface area (Å²) in [7, 11) is 1.74. The van der Waals surface area contributed by atoms with E-state index in [1.54, 1.807) is 11.9 Å². The maximum atomic E-state index is 12.7. The number of carboxylic acids is 1. The van der Waals surface area contributed by atoms with Crippen LogP contribution in [0.25, 0.3) is 0 Å².